The Morgan fingerprint density at radius 2 is 1.71 bits per heavy atom. The lowest BCUT2D eigenvalue weighted by Crippen LogP contribution is -2.19. The molecule has 38 heavy (non-hydrogen) atoms. The molecule has 0 amide bonds. The second-order valence-electron chi connectivity index (χ2n) is 8.28. The molecule has 192 valence electrons. The summed E-state index contributed by atoms with van der Waals surface area (Å²) in [5, 5.41) is 9.62. The molecule has 0 atom stereocenters. The summed E-state index contributed by atoms with van der Waals surface area (Å²) >= 11 is 0.953. The fourth-order valence-corrected chi connectivity index (χ4v) is 6.21. The van der Waals surface area contributed by atoms with Gasteiger partial charge in [0.2, 0.25) is 5.43 Å². The van der Waals surface area contributed by atoms with E-state index in [0.717, 1.165) is 28.0 Å². The number of carboxylic acids is 1. The van der Waals surface area contributed by atoms with Crippen LogP contribution in [0.2, 0.25) is 0 Å². The summed E-state index contributed by atoms with van der Waals surface area (Å²) in [7, 11) is -2.55. The number of hydrogen-bond acceptors (Lipinski definition) is 7. The minimum absolute atomic E-state index is 0.0178. The number of methoxy groups -OCH3 is 1. The van der Waals surface area contributed by atoms with Crippen molar-refractivity contribution in [3.8, 4) is 16.9 Å². The number of aromatic carboxylic acids is 1. The van der Waals surface area contributed by atoms with Crippen LogP contribution in [0, 0.1) is 0 Å². The maximum atomic E-state index is 13.0. The molecule has 0 saturated carbocycles. The molecule has 0 saturated heterocycles. The number of aromatic nitrogens is 2. The van der Waals surface area contributed by atoms with Crippen molar-refractivity contribution in [2.75, 3.05) is 11.8 Å². The van der Waals surface area contributed by atoms with Crippen LogP contribution >= 0.6 is 11.3 Å². The molecule has 2 heterocycles. The van der Waals surface area contributed by atoms with Gasteiger partial charge in [0, 0.05) is 12.7 Å². The van der Waals surface area contributed by atoms with Crippen LogP contribution in [0.3, 0.4) is 0 Å². The zero-order chi connectivity index (χ0) is 26.9. The van der Waals surface area contributed by atoms with Gasteiger partial charge in [-0.3, -0.25) is 9.52 Å². The smallest absolute Gasteiger partial charge is 0.341 e. The van der Waals surface area contributed by atoms with Crippen molar-refractivity contribution in [1.82, 2.24) is 9.55 Å². The van der Waals surface area contributed by atoms with E-state index >= 15 is 0 Å². The molecule has 2 aromatic heterocycles. The molecule has 0 unspecified atom stereocenters. The third-order valence-corrected chi connectivity index (χ3v) is 8.37. The van der Waals surface area contributed by atoms with Crippen molar-refractivity contribution < 1.29 is 23.1 Å². The van der Waals surface area contributed by atoms with Gasteiger partial charge in [-0.25, -0.2) is 18.2 Å². The summed E-state index contributed by atoms with van der Waals surface area (Å²) in [5.74, 6) is -0.895. The molecule has 0 bridgehead atoms. The summed E-state index contributed by atoms with van der Waals surface area (Å²) in [6, 6.07) is 23.2. The third kappa shape index (κ3) is 4.89. The largest absolute Gasteiger partial charge is 0.497 e. The van der Waals surface area contributed by atoms with Gasteiger partial charge < -0.3 is 14.4 Å². The molecule has 0 radical (unpaired) electrons. The Labute approximate surface area is 221 Å². The summed E-state index contributed by atoms with van der Waals surface area (Å²) < 4.78 is 35.0. The number of thiazole rings is 1. The highest BCUT2D eigenvalue weighted by atomic mass is 32.2. The Bertz CT molecular complexity index is 1810. The number of nitrogens with one attached hydrogen (secondary N) is 1. The molecule has 0 fully saturated rings. The van der Waals surface area contributed by atoms with E-state index in [-0.39, 0.29) is 22.1 Å². The van der Waals surface area contributed by atoms with Crippen molar-refractivity contribution in [3.63, 3.8) is 0 Å². The molecule has 0 spiro atoms. The predicted molar refractivity (Wildman–Crippen MR) is 146 cm³/mol. The van der Waals surface area contributed by atoms with Crippen LogP contribution in [0.4, 0.5) is 5.13 Å². The number of anilines is 1. The van der Waals surface area contributed by atoms with Crippen LogP contribution in [0.1, 0.15) is 15.9 Å². The minimum atomic E-state index is -4.03. The van der Waals surface area contributed by atoms with Gasteiger partial charge in [0.1, 0.15) is 21.7 Å². The minimum Gasteiger partial charge on any atom is -0.497 e. The highest BCUT2D eigenvalue weighted by molar-refractivity contribution is 7.93. The summed E-state index contributed by atoms with van der Waals surface area (Å²) in [6.45, 7) is 0.231. The van der Waals surface area contributed by atoms with Gasteiger partial charge in [-0.15, -0.1) is 0 Å². The third-order valence-electron chi connectivity index (χ3n) is 5.88. The first kappa shape index (κ1) is 25.2. The highest BCUT2D eigenvalue weighted by Crippen LogP contribution is 2.30. The Morgan fingerprint density at radius 1 is 1.03 bits per heavy atom. The maximum Gasteiger partial charge on any atom is 0.341 e. The molecular weight excluding hydrogens is 526 g/mol. The normalized spacial score (nSPS) is 11.4. The first-order valence-electron chi connectivity index (χ1n) is 11.3. The fourth-order valence-electron chi connectivity index (χ4n) is 4.04. The van der Waals surface area contributed by atoms with Crippen molar-refractivity contribution in [2.24, 2.45) is 0 Å². The van der Waals surface area contributed by atoms with Crippen LogP contribution in [0.15, 0.2) is 94.7 Å². The Balaban J connectivity index is 1.59. The first-order chi connectivity index (χ1) is 18.3. The maximum absolute atomic E-state index is 13.0. The number of carbonyl (C=O) groups is 1. The summed E-state index contributed by atoms with van der Waals surface area (Å²) in [6.07, 6.45) is 1.27. The van der Waals surface area contributed by atoms with Gasteiger partial charge in [-0.2, -0.15) is 0 Å². The number of fused-ring (bicyclic) bond motifs is 1. The molecule has 0 aliphatic carbocycles. The van der Waals surface area contributed by atoms with E-state index < -0.39 is 27.0 Å². The van der Waals surface area contributed by atoms with Crippen LogP contribution < -0.4 is 14.9 Å². The molecule has 2 N–H and O–H groups in total. The number of nitrogens with zero attached hydrogens (tertiary/aromatic N) is 2. The van der Waals surface area contributed by atoms with Crippen molar-refractivity contribution in [2.45, 2.75) is 11.4 Å². The number of rotatable bonds is 8. The Hall–Kier alpha value is -4.48. The zero-order valence-corrected chi connectivity index (χ0v) is 21.6. The second-order valence-corrected chi connectivity index (χ2v) is 10.9. The van der Waals surface area contributed by atoms with E-state index in [9.17, 15) is 23.1 Å². The van der Waals surface area contributed by atoms with E-state index in [1.165, 1.54) is 37.6 Å². The quantitative estimate of drug-likeness (QED) is 0.289. The molecule has 5 aromatic rings. The molecule has 3 aromatic carbocycles. The van der Waals surface area contributed by atoms with E-state index in [1.807, 2.05) is 54.6 Å². The molecule has 0 aliphatic rings. The lowest BCUT2D eigenvalue weighted by molar-refractivity contribution is 0.0694. The Kier molecular flexibility index (Phi) is 6.70. The van der Waals surface area contributed by atoms with Crippen molar-refractivity contribution in [3.05, 3.63) is 106 Å². The molecule has 5 rings (SSSR count). The second kappa shape index (κ2) is 10.1. The number of carboxylic acid groups (broad SMARTS) is 1. The van der Waals surface area contributed by atoms with Crippen molar-refractivity contribution in [1.29, 1.82) is 0 Å². The number of ether oxygens (including phenoxy) is 1. The van der Waals surface area contributed by atoms with Gasteiger partial charge >= 0.3 is 5.97 Å². The van der Waals surface area contributed by atoms with Gasteiger partial charge in [-0.1, -0.05) is 65.9 Å². The highest BCUT2D eigenvalue weighted by Gasteiger charge is 2.22. The van der Waals surface area contributed by atoms with Crippen LogP contribution in [0.5, 0.6) is 5.75 Å². The van der Waals surface area contributed by atoms with Crippen molar-refractivity contribution >= 4 is 42.8 Å². The van der Waals surface area contributed by atoms with E-state index in [0.29, 0.717) is 10.6 Å². The van der Waals surface area contributed by atoms with E-state index in [4.69, 9.17) is 4.74 Å². The van der Waals surface area contributed by atoms with Gasteiger partial charge in [0.25, 0.3) is 10.0 Å². The van der Waals surface area contributed by atoms with Crippen LogP contribution in [0.25, 0.3) is 21.5 Å². The van der Waals surface area contributed by atoms with E-state index in [2.05, 4.69) is 9.71 Å². The number of benzene rings is 3. The Morgan fingerprint density at radius 3 is 2.39 bits per heavy atom. The predicted octanol–water partition coefficient (Wildman–Crippen LogP) is 4.68. The standard InChI is InChI=1S/C27H21N3O6S2/c1-36-19-11-13-20(14-12-19)38(34,35)29-27-28-23-24(31)22(26(32)33)16-30(25(23)37-27)15-18-9-5-6-10-21(18)17-7-3-2-4-8-17/h2-14,16H,15H2,1H3,(H,28,29)(H,32,33). The SMILES string of the molecule is COc1ccc(S(=O)(=O)Nc2nc3c(=O)c(C(=O)O)cn(Cc4ccccc4-c4ccccc4)c3s2)cc1. The van der Waals surface area contributed by atoms with Gasteiger partial charge in [0.15, 0.2) is 5.13 Å². The summed E-state index contributed by atoms with van der Waals surface area (Å²) in [5.41, 5.74) is 1.45. The number of pyridine rings is 1. The number of hydrogen-bond donors (Lipinski definition) is 2. The average Bonchev–Trinajstić information content (AvgIpc) is 3.34. The fraction of sp³-hybridized carbons (Fsp3) is 0.0741. The summed E-state index contributed by atoms with van der Waals surface area (Å²) in [4.78, 5) is 29.3. The number of sulfonamides is 1. The lowest BCUT2D eigenvalue weighted by atomic mass is 9.99. The van der Waals surface area contributed by atoms with Crippen LogP contribution in [-0.2, 0) is 16.6 Å². The first-order valence-corrected chi connectivity index (χ1v) is 13.6. The average molecular weight is 548 g/mol. The molecule has 11 heteroatoms. The molecule has 9 nitrogen and oxygen atoms in total. The topological polar surface area (TPSA) is 128 Å². The molecule has 0 aliphatic heterocycles. The van der Waals surface area contributed by atoms with Gasteiger partial charge in [-0.05, 0) is 41.0 Å². The monoisotopic (exact) mass is 547 g/mol. The van der Waals surface area contributed by atoms with Gasteiger partial charge in [0.05, 0.1) is 12.0 Å². The molecular formula is C27H21N3O6S2. The van der Waals surface area contributed by atoms with Crippen LogP contribution in [-0.4, -0.2) is 36.2 Å². The zero-order valence-electron chi connectivity index (χ0n) is 20.0. The van der Waals surface area contributed by atoms with E-state index in [1.54, 1.807) is 4.57 Å². The lowest BCUT2D eigenvalue weighted by Gasteiger charge is -2.13.